The van der Waals surface area contributed by atoms with Gasteiger partial charge in [0, 0.05) is 23.7 Å². The summed E-state index contributed by atoms with van der Waals surface area (Å²) in [5.41, 5.74) is 2.93. The number of hydrogen-bond donors (Lipinski definition) is 1. The molecule has 1 fully saturated rings. The van der Waals surface area contributed by atoms with Crippen LogP contribution in [-0.4, -0.2) is 31.1 Å². The van der Waals surface area contributed by atoms with Gasteiger partial charge in [0.2, 0.25) is 0 Å². The van der Waals surface area contributed by atoms with E-state index in [9.17, 15) is 0 Å². The highest BCUT2D eigenvalue weighted by atomic mass is 35.5. The molecule has 2 nitrogen and oxygen atoms in total. The minimum atomic E-state index is 0.317. The Morgan fingerprint density at radius 1 is 1.38 bits per heavy atom. The predicted octanol–water partition coefficient (Wildman–Crippen LogP) is 4.25. The normalized spacial score (nSPS) is 26.3. The first-order chi connectivity index (χ1) is 9.93. The molecule has 2 rings (SSSR count). The van der Waals surface area contributed by atoms with Crippen LogP contribution in [0.2, 0.25) is 5.02 Å². The third-order valence-electron chi connectivity index (χ3n) is 5.09. The maximum Gasteiger partial charge on any atom is 0.0408 e. The second kappa shape index (κ2) is 7.13. The van der Waals surface area contributed by atoms with Crippen LogP contribution in [0, 0.1) is 12.8 Å². The highest BCUT2D eigenvalue weighted by Crippen LogP contribution is 2.35. The molecule has 0 saturated heterocycles. The van der Waals surface area contributed by atoms with Crippen molar-refractivity contribution in [3.8, 4) is 0 Å². The van der Waals surface area contributed by atoms with Gasteiger partial charge < -0.3 is 10.2 Å². The summed E-state index contributed by atoms with van der Waals surface area (Å²) in [4.78, 5) is 2.43. The molecule has 2 atom stereocenters. The summed E-state index contributed by atoms with van der Waals surface area (Å²) in [6.07, 6.45) is 5.33. The number of likely N-dealkylation sites (N-methyl/N-ethyl adjacent to an activating group) is 1. The van der Waals surface area contributed by atoms with Gasteiger partial charge in [-0.3, -0.25) is 0 Å². The first-order valence-corrected chi connectivity index (χ1v) is 8.44. The van der Waals surface area contributed by atoms with Gasteiger partial charge in [0.1, 0.15) is 0 Å². The monoisotopic (exact) mass is 308 g/mol. The number of benzene rings is 1. The molecule has 1 aromatic rings. The summed E-state index contributed by atoms with van der Waals surface area (Å²) >= 11 is 6.03. The minimum Gasteiger partial charge on any atom is -0.311 e. The fraction of sp³-hybridized carbons (Fsp3) is 0.667. The number of aryl methyl sites for hydroxylation is 1. The van der Waals surface area contributed by atoms with Crippen LogP contribution in [0.3, 0.4) is 0 Å². The van der Waals surface area contributed by atoms with Gasteiger partial charge in [0.25, 0.3) is 0 Å². The number of rotatable bonds is 5. The van der Waals surface area contributed by atoms with E-state index in [1.165, 1.54) is 36.8 Å². The number of hydrogen-bond acceptors (Lipinski definition) is 2. The van der Waals surface area contributed by atoms with Crippen LogP contribution >= 0.6 is 11.6 Å². The van der Waals surface area contributed by atoms with E-state index in [4.69, 9.17) is 11.6 Å². The van der Waals surface area contributed by atoms with Crippen LogP contribution in [0.25, 0.3) is 0 Å². The van der Waals surface area contributed by atoms with Gasteiger partial charge in [-0.1, -0.05) is 37.4 Å². The molecule has 1 saturated carbocycles. The molecule has 21 heavy (non-hydrogen) atoms. The topological polar surface area (TPSA) is 15.3 Å². The van der Waals surface area contributed by atoms with Crippen LogP contribution < -0.4 is 5.32 Å². The molecule has 1 aliphatic rings. The third-order valence-corrected chi connectivity index (χ3v) is 5.33. The van der Waals surface area contributed by atoms with Crippen LogP contribution in [0.1, 0.15) is 43.7 Å². The van der Waals surface area contributed by atoms with Gasteiger partial charge in [-0.05, 0) is 63.0 Å². The Morgan fingerprint density at radius 3 is 2.76 bits per heavy atom. The van der Waals surface area contributed by atoms with E-state index < -0.39 is 0 Å². The molecule has 0 spiro atoms. The molecule has 0 bridgehead atoms. The largest absolute Gasteiger partial charge is 0.311 e. The van der Waals surface area contributed by atoms with Gasteiger partial charge in [-0.25, -0.2) is 0 Å². The first-order valence-electron chi connectivity index (χ1n) is 8.06. The molecule has 0 radical (unpaired) electrons. The molecule has 0 amide bonds. The Labute approximate surface area is 134 Å². The SMILES string of the molecule is Cc1cc(Cl)ccc1CNCC1(N(C)C)CCCC(C)C1. The van der Waals surface area contributed by atoms with Crippen LogP contribution in [0.15, 0.2) is 18.2 Å². The zero-order valence-corrected chi connectivity index (χ0v) is 14.6. The van der Waals surface area contributed by atoms with Crippen molar-refractivity contribution in [3.63, 3.8) is 0 Å². The lowest BCUT2D eigenvalue weighted by atomic mass is 9.75. The molecule has 1 aliphatic carbocycles. The summed E-state index contributed by atoms with van der Waals surface area (Å²) in [5, 5.41) is 4.51. The van der Waals surface area contributed by atoms with Crippen LogP contribution in [0.5, 0.6) is 0 Å². The van der Waals surface area contributed by atoms with Crippen molar-refractivity contribution in [2.45, 2.75) is 51.6 Å². The van der Waals surface area contributed by atoms with E-state index in [1.54, 1.807) is 0 Å². The molecule has 0 heterocycles. The quantitative estimate of drug-likeness (QED) is 0.875. The van der Waals surface area contributed by atoms with Crippen molar-refractivity contribution in [1.29, 1.82) is 0 Å². The van der Waals surface area contributed by atoms with E-state index >= 15 is 0 Å². The van der Waals surface area contributed by atoms with Gasteiger partial charge >= 0.3 is 0 Å². The molecule has 2 unspecified atom stereocenters. The van der Waals surface area contributed by atoms with Gasteiger partial charge in [0.15, 0.2) is 0 Å². The van der Waals surface area contributed by atoms with Crippen molar-refractivity contribution in [3.05, 3.63) is 34.3 Å². The predicted molar refractivity (Wildman–Crippen MR) is 91.9 cm³/mol. The second-order valence-corrected chi connectivity index (χ2v) is 7.43. The fourth-order valence-corrected chi connectivity index (χ4v) is 3.87. The molecular weight excluding hydrogens is 280 g/mol. The van der Waals surface area contributed by atoms with E-state index in [0.29, 0.717) is 5.54 Å². The lowest BCUT2D eigenvalue weighted by Crippen LogP contribution is -2.54. The van der Waals surface area contributed by atoms with E-state index in [0.717, 1.165) is 24.0 Å². The van der Waals surface area contributed by atoms with Crippen molar-refractivity contribution in [2.24, 2.45) is 5.92 Å². The van der Waals surface area contributed by atoms with E-state index in [-0.39, 0.29) is 0 Å². The van der Waals surface area contributed by atoms with Crippen molar-refractivity contribution in [2.75, 3.05) is 20.6 Å². The summed E-state index contributed by atoms with van der Waals surface area (Å²) < 4.78 is 0. The van der Waals surface area contributed by atoms with Crippen LogP contribution in [-0.2, 0) is 6.54 Å². The summed E-state index contributed by atoms with van der Waals surface area (Å²) in [5.74, 6) is 0.834. The highest BCUT2D eigenvalue weighted by Gasteiger charge is 2.36. The Kier molecular flexibility index (Phi) is 5.70. The fourth-order valence-electron chi connectivity index (χ4n) is 3.64. The lowest BCUT2D eigenvalue weighted by molar-refractivity contribution is 0.0749. The smallest absolute Gasteiger partial charge is 0.0408 e. The number of nitrogens with one attached hydrogen (secondary N) is 1. The molecule has 1 aromatic carbocycles. The van der Waals surface area contributed by atoms with E-state index in [2.05, 4.69) is 44.2 Å². The average molecular weight is 309 g/mol. The molecule has 0 aromatic heterocycles. The molecule has 1 N–H and O–H groups in total. The summed E-state index contributed by atoms with van der Waals surface area (Å²) in [6, 6.07) is 6.16. The Balaban J connectivity index is 1.96. The Hall–Kier alpha value is -0.570. The lowest BCUT2D eigenvalue weighted by Gasteiger charge is -2.45. The molecule has 0 aliphatic heterocycles. The zero-order valence-electron chi connectivity index (χ0n) is 13.9. The Bertz CT molecular complexity index is 472. The third kappa shape index (κ3) is 4.21. The zero-order chi connectivity index (χ0) is 15.5. The first kappa shape index (κ1) is 16.8. The Morgan fingerprint density at radius 2 is 2.14 bits per heavy atom. The second-order valence-electron chi connectivity index (χ2n) is 6.99. The molecule has 3 heteroatoms. The summed E-state index contributed by atoms with van der Waals surface area (Å²) in [7, 11) is 4.46. The van der Waals surface area contributed by atoms with Crippen LogP contribution in [0.4, 0.5) is 0 Å². The molecular formula is C18H29ClN2. The van der Waals surface area contributed by atoms with Crippen molar-refractivity contribution >= 4 is 11.6 Å². The number of halogens is 1. The number of nitrogens with zero attached hydrogens (tertiary/aromatic N) is 1. The maximum absolute atomic E-state index is 6.03. The molecule has 118 valence electrons. The highest BCUT2D eigenvalue weighted by molar-refractivity contribution is 6.30. The average Bonchev–Trinajstić information content (AvgIpc) is 2.41. The summed E-state index contributed by atoms with van der Waals surface area (Å²) in [6.45, 7) is 6.51. The van der Waals surface area contributed by atoms with Gasteiger partial charge in [-0.15, -0.1) is 0 Å². The van der Waals surface area contributed by atoms with Gasteiger partial charge in [-0.2, -0.15) is 0 Å². The minimum absolute atomic E-state index is 0.317. The van der Waals surface area contributed by atoms with E-state index in [1.807, 2.05) is 12.1 Å². The van der Waals surface area contributed by atoms with Crippen molar-refractivity contribution < 1.29 is 0 Å². The standard InChI is InChI=1S/C18H29ClN2/c1-14-6-5-9-18(11-14,21(3)4)13-20-12-16-7-8-17(19)10-15(16)2/h7-8,10,14,20H,5-6,9,11-13H2,1-4H3. The maximum atomic E-state index is 6.03. The van der Waals surface area contributed by atoms with Gasteiger partial charge in [0.05, 0.1) is 0 Å². The van der Waals surface area contributed by atoms with Crippen molar-refractivity contribution in [1.82, 2.24) is 10.2 Å².